The molecule has 1 aromatic rings. The number of aliphatic hydroxyl groups is 1. The fraction of sp³-hybridized carbons (Fsp3) is 0.652. The van der Waals surface area contributed by atoms with Crippen LogP contribution in [0.5, 0.6) is 5.75 Å². The lowest BCUT2D eigenvalue weighted by Gasteiger charge is -2.56. The number of hydrogen-bond donors (Lipinski definition) is 4. The van der Waals surface area contributed by atoms with Gasteiger partial charge in [0.15, 0.2) is 12.7 Å². The molecule has 4 saturated carbocycles. The average Bonchev–Trinajstić information content (AvgIpc) is 3.52. The zero-order chi connectivity index (χ0) is 23.2. The van der Waals surface area contributed by atoms with E-state index >= 15 is 0 Å². The second-order valence-corrected chi connectivity index (χ2v) is 10.8. The monoisotopic (exact) mass is 497 g/mol. The highest BCUT2D eigenvalue weighted by molar-refractivity contribution is 6.42. The molecule has 0 radical (unpaired) electrons. The van der Waals surface area contributed by atoms with Crippen molar-refractivity contribution in [3.63, 3.8) is 0 Å². The van der Waals surface area contributed by atoms with Gasteiger partial charge in [0.2, 0.25) is 0 Å². The lowest BCUT2D eigenvalue weighted by molar-refractivity contribution is -0.142. The third-order valence-electron chi connectivity index (χ3n) is 7.67. The van der Waals surface area contributed by atoms with Crippen molar-refractivity contribution in [3.8, 4) is 5.75 Å². The maximum atomic E-state index is 12.9. The molecule has 1 heterocycles. The van der Waals surface area contributed by atoms with Gasteiger partial charge in [-0.05, 0) is 63.0 Å². The van der Waals surface area contributed by atoms with E-state index in [1.54, 1.807) is 18.2 Å². The molecule has 5 aliphatic rings. The number of amides is 2. The Labute approximate surface area is 202 Å². The fourth-order valence-corrected chi connectivity index (χ4v) is 5.77. The van der Waals surface area contributed by atoms with Crippen LogP contribution in [-0.2, 0) is 14.4 Å². The first-order valence-electron chi connectivity index (χ1n) is 11.6. The molecule has 180 valence electrons. The van der Waals surface area contributed by atoms with Gasteiger partial charge < -0.3 is 20.5 Å². The molecule has 2 bridgehead atoms. The zero-order valence-corrected chi connectivity index (χ0v) is 19.8. The minimum Gasteiger partial charge on any atom is -0.484 e. The molecule has 3 atom stereocenters. The number of nitrogens with one attached hydrogen (secondary N) is 3. The number of rotatable bonds is 7. The molecular weight excluding hydrogens is 469 g/mol. The predicted octanol–water partition coefficient (Wildman–Crippen LogP) is 2.49. The summed E-state index contributed by atoms with van der Waals surface area (Å²) in [6.45, 7) is -0.192. The number of benzene rings is 1. The van der Waals surface area contributed by atoms with E-state index < -0.39 is 23.3 Å². The van der Waals surface area contributed by atoms with E-state index in [2.05, 4.69) is 16.1 Å². The summed E-state index contributed by atoms with van der Waals surface area (Å²) < 4.78 is 5.53. The number of halogens is 2. The summed E-state index contributed by atoms with van der Waals surface area (Å²) in [6.07, 6.45) is 4.78. The molecule has 1 aliphatic heterocycles. The van der Waals surface area contributed by atoms with Crippen LogP contribution < -0.4 is 20.9 Å². The van der Waals surface area contributed by atoms with Crippen LogP contribution in [0.25, 0.3) is 0 Å². The molecule has 33 heavy (non-hydrogen) atoms. The number of carbonyl (C=O) groups is 2. The molecule has 0 spiro atoms. The summed E-state index contributed by atoms with van der Waals surface area (Å²) in [6, 6.07) is 5.06. The van der Waals surface area contributed by atoms with E-state index in [9.17, 15) is 14.7 Å². The second-order valence-electron chi connectivity index (χ2n) is 9.96. The van der Waals surface area contributed by atoms with Crippen LogP contribution in [0.15, 0.2) is 18.2 Å². The zero-order valence-electron chi connectivity index (χ0n) is 18.2. The Balaban J connectivity index is 1.13. The smallest absolute Gasteiger partial charge is 0.258 e. The average molecular weight is 498 g/mol. The lowest BCUT2D eigenvalue weighted by atomic mass is 9.60. The van der Waals surface area contributed by atoms with E-state index in [4.69, 9.17) is 32.8 Å². The molecule has 1 aromatic carbocycles. The maximum Gasteiger partial charge on any atom is 0.258 e. The second kappa shape index (κ2) is 8.89. The molecule has 2 unspecified atom stereocenters. The van der Waals surface area contributed by atoms with Crippen molar-refractivity contribution >= 4 is 35.0 Å². The standard InChI is InChI=1S/C23H29Cl2N3O5/c24-15-4-3-14(9-16(15)25)32-12-20(30)26-23-7-5-22(6-8-23,11-19(23)29)27-21(31)18-10-17(28-33-18)13-1-2-13/h3-4,9,13,17-19,28-29H,1-2,5-8,10-12H2,(H,26,30)(H,27,31)/t17?,18?,19-,22?,23?/m0/s1. The first kappa shape index (κ1) is 23.2. The first-order valence-corrected chi connectivity index (χ1v) is 12.3. The number of fused-ring (bicyclic) bond motifs is 3. The third-order valence-corrected chi connectivity index (χ3v) is 8.41. The summed E-state index contributed by atoms with van der Waals surface area (Å²) in [5.41, 5.74) is 1.85. The van der Waals surface area contributed by atoms with Crippen molar-refractivity contribution in [1.82, 2.24) is 16.1 Å². The highest BCUT2D eigenvalue weighted by atomic mass is 35.5. The lowest BCUT2D eigenvalue weighted by Crippen LogP contribution is -2.70. The van der Waals surface area contributed by atoms with Gasteiger partial charge in [-0.15, -0.1) is 0 Å². The fourth-order valence-electron chi connectivity index (χ4n) is 5.48. The van der Waals surface area contributed by atoms with E-state index in [0.717, 1.165) is 0 Å². The molecule has 2 amide bonds. The number of hydroxylamine groups is 1. The van der Waals surface area contributed by atoms with Crippen LogP contribution in [-0.4, -0.2) is 52.9 Å². The van der Waals surface area contributed by atoms with E-state index in [-0.39, 0.29) is 24.5 Å². The number of aliphatic hydroxyl groups excluding tert-OH is 1. The summed E-state index contributed by atoms with van der Waals surface area (Å²) in [7, 11) is 0. The van der Waals surface area contributed by atoms with Gasteiger partial charge in [-0.2, -0.15) is 5.48 Å². The van der Waals surface area contributed by atoms with Crippen LogP contribution in [0, 0.1) is 5.92 Å². The Morgan fingerprint density at radius 3 is 2.58 bits per heavy atom. The highest BCUT2D eigenvalue weighted by Gasteiger charge is 2.56. The van der Waals surface area contributed by atoms with Gasteiger partial charge in [0.25, 0.3) is 11.8 Å². The Morgan fingerprint density at radius 1 is 1.15 bits per heavy atom. The Bertz CT molecular complexity index is 933. The van der Waals surface area contributed by atoms with Crippen LogP contribution >= 0.6 is 23.2 Å². The van der Waals surface area contributed by atoms with Crippen molar-refractivity contribution in [2.24, 2.45) is 5.92 Å². The summed E-state index contributed by atoms with van der Waals surface area (Å²) in [4.78, 5) is 31.0. The van der Waals surface area contributed by atoms with Crippen molar-refractivity contribution in [2.45, 2.75) is 80.7 Å². The van der Waals surface area contributed by atoms with Gasteiger partial charge in [0, 0.05) is 24.1 Å². The first-order chi connectivity index (χ1) is 15.8. The molecule has 4 N–H and O–H groups in total. The van der Waals surface area contributed by atoms with Crippen LogP contribution in [0.3, 0.4) is 0 Å². The molecular formula is C23H29Cl2N3O5. The summed E-state index contributed by atoms with van der Waals surface area (Å²) >= 11 is 11.9. The number of ether oxygens (including phenoxy) is 1. The normalized spacial score (nSPS) is 35.3. The van der Waals surface area contributed by atoms with Gasteiger partial charge in [0.1, 0.15) is 5.75 Å². The van der Waals surface area contributed by atoms with Gasteiger partial charge in [0.05, 0.1) is 21.7 Å². The van der Waals surface area contributed by atoms with E-state index in [1.165, 1.54) is 12.8 Å². The summed E-state index contributed by atoms with van der Waals surface area (Å²) in [5, 5.41) is 17.9. The van der Waals surface area contributed by atoms with Gasteiger partial charge in [-0.25, -0.2) is 0 Å². The van der Waals surface area contributed by atoms with Crippen LogP contribution in [0.1, 0.15) is 51.4 Å². The van der Waals surface area contributed by atoms with Crippen molar-refractivity contribution in [1.29, 1.82) is 0 Å². The van der Waals surface area contributed by atoms with Crippen molar-refractivity contribution < 1.29 is 24.3 Å². The minimum atomic E-state index is -0.754. The van der Waals surface area contributed by atoms with Gasteiger partial charge in [-0.1, -0.05) is 23.2 Å². The van der Waals surface area contributed by atoms with Crippen LogP contribution in [0.4, 0.5) is 0 Å². The number of hydrogen-bond acceptors (Lipinski definition) is 6. The minimum absolute atomic E-state index is 0.119. The Morgan fingerprint density at radius 2 is 1.91 bits per heavy atom. The largest absolute Gasteiger partial charge is 0.484 e. The molecule has 10 heteroatoms. The van der Waals surface area contributed by atoms with E-state index in [0.29, 0.717) is 60.2 Å². The number of carbonyl (C=O) groups excluding carboxylic acids is 2. The predicted molar refractivity (Wildman–Crippen MR) is 122 cm³/mol. The van der Waals surface area contributed by atoms with Gasteiger partial charge >= 0.3 is 0 Å². The molecule has 6 rings (SSSR count). The van der Waals surface area contributed by atoms with Crippen molar-refractivity contribution in [3.05, 3.63) is 28.2 Å². The molecule has 8 nitrogen and oxygen atoms in total. The Kier molecular flexibility index (Phi) is 6.24. The maximum absolute atomic E-state index is 12.9. The van der Waals surface area contributed by atoms with Crippen molar-refractivity contribution in [2.75, 3.05) is 6.61 Å². The van der Waals surface area contributed by atoms with Gasteiger partial charge in [-0.3, -0.25) is 14.4 Å². The Hall–Kier alpha value is -1.58. The summed E-state index contributed by atoms with van der Waals surface area (Å²) in [5.74, 6) is 0.637. The SMILES string of the molecule is O=C(COc1ccc(Cl)c(Cl)c1)NC12CCC(NC(=O)C3CC(C4CC4)NO3)(CC1)C[C@@H]2O. The highest BCUT2D eigenvalue weighted by Crippen LogP contribution is 2.47. The molecule has 4 aliphatic carbocycles. The molecule has 5 fully saturated rings. The van der Waals surface area contributed by atoms with E-state index in [1.807, 2.05) is 0 Å². The molecule has 0 aromatic heterocycles. The van der Waals surface area contributed by atoms with Crippen LogP contribution in [0.2, 0.25) is 10.0 Å². The third kappa shape index (κ3) is 4.82. The topological polar surface area (TPSA) is 109 Å². The molecule has 1 saturated heterocycles. The quantitative estimate of drug-likeness (QED) is 0.460.